The van der Waals surface area contributed by atoms with Crippen molar-refractivity contribution < 1.29 is 5.11 Å². The van der Waals surface area contributed by atoms with Gasteiger partial charge in [-0.25, -0.2) is 4.98 Å². The van der Waals surface area contributed by atoms with Gasteiger partial charge in [0.1, 0.15) is 11.1 Å². The zero-order chi connectivity index (χ0) is 10.3. The average Bonchev–Trinajstić information content (AvgIpc) is 2.48. The smallest absolute Gasteiger partial charge is 0.103 e. The first-order valence-electron chi connectivity index (χ1n) is 4.37. The van der Waals surface area contributed by atoms with Gasteiger partial charge in [-0.2, -0.15) is 5.26 Å². The second-order valence-electron chi connectivity index (χ2n) is 3.35. The van der Waals surface area contributed by atoms with Crippen LogP contribution in [0, 0.1) is 25.2 Å². The second kappa shape index (κ2) is 3.26. The molecular formula is C10H10N2OS. The lowest BCUT2D eigenvalue weighted by atomic mass is 10.0. The number of aryl methyl sites for hydroxylation is 1. The van der Waals surface area contributed by atoms with Crippen LogP contribution in [-0.4, -0.2) is 15.8 Å². The number of thioether (sulfide) groups is 1. The summed E-state index contributed by atoms with van der Waals surface area (Å²) >= 11 is 1.55. The topological polar surface area (TPSA) is 56.9 Å². The Morgan fingerprint density at radius 1 is 1.57 bits per heavy atom. The highest BCUT2D eigenvalue weighted by molar-refractivity contribution is 7.99. The van der Waals surface area contributed by atoms with Gasteiger partial charge >= 0.3 is 0 Å². The van der Waals surface area contributed by atoms with Gasteiger partial charge in [-0.1, -0.05) is 0 Å². The van der Waals surface area contributed by atoms with E-state index in [2.05, 4.69) is 11.1 Å². The molecule has 0 spiro atoms. The van der Waals surface area contributed by atoms with Crippen LogP contribution in [-0.2, 0) is 0 Å². The van der Waals surface area contributed by atoms with Crippen molar-refractivity contribution in [3.63, 3.8) is 0 Å². The third-order valence-electron chi connectivity index (χ3n) is 2.46. The second-order valence-corrected chi connectivity index (χ2v) is 4.36. The van der Waals surface area contributed by atoms with Gasteiger partial charge in [-0.05, 0) is 19.4 Å². The number of hydrogen-bond acceptors (Lipinski definition) is 4. The molecule has 1 atom stereocenters. The van der Waals surface area contributed by atoms with Crippen LogP contribution in [0.1, 0.15) is 28.5 Å². The monoisotopic (exact) mass is 206 g/mol. The van der Waals surface area contributed by atoms with Crippen LogP contribution >= 0.6 is 11.8 Å². The van der Waals surface area contributed by atoms with Crippen LogP contribution in [0.4, 0.5) is 0 Å². The van der Waals surface area contributed by atoms with Crippen molar-refractivity contribution in [2.45, 2.75) is 25.0 Å². The summed E-state index contributed by atoms with van der Waals surface area (Å²) in [6.07, 6.45) is -0.463. The predicted octanol–water partition coefficient (Wildman–Crippen LogP) is 1.71. The van der Waals surface area contributed by atoms with Crippen molar-refractivity contribution in [3.05, 3.63) is 22.4 Å². The largest absolute Gasteiger partial charge is 0.387 e. The van der Waals surface area contributed by atoms with Gasteiger partial charge in [-0.15, -0.1) is 11.8 Å². The zero-order valence-corrected chi connectivity index (χ0v) is 8.85. The van der Waals surface area contributed by atoms with E-state index in [9.17, 15) is 5.11 Å². The van der Waals surface area contributed by atoms with Crippen molar-refractivity contribution in [2.24, 2.45) is 0 Å². The van der Waals surface area contributed by atoms with Gasteiger partial charge in [0, 0.05) is 11.3 Å². The van der Waals surface area contributed by atoms with Crippen molar-refractivity contribution in [3.8, 4) is 6.07 Å². The number of nitrogens with zero attached hydrogens (tertiary/aromatic N) is 2. The van der Waals surface area contributed by atoms with Crippen LogP contribution in [0.25, 0.3) is 0 Å². The first kappa shape index (κ1) is 9.50. The van der Waals surface area contributed by atoms with Gasteiger partial charge in [-0.3, -0.25) is 0 Å². The molecule has 0 amide bonds. The SMILES string of the molecule is Cc1nc2c(c(C)c1C#N)C(O)CS2. The lowest BCUT2D eigenvalue weighted by Gasteiger charge is -2.09. The summed E-state index contributed by atoms with van der Waals surface area (Å²) < 4.78 is 0. The minimum absolute atomic E-state index is 0.463. The maximum absolute atomic E-state index is 9.70. The van der Waals surface area contributed by atoms with Crippen molar-refractivity contribution in [1.29, 1.82) is 5.26 Å². The summed E-state index contributed by atoms with van der Waals surface area (Å²) in [5.74, 6) is 0.650. The molecule has 0 saturated heterocycles. The van der Waals surface area contributed by atoms with Gasteiger partial charge in [0.15, 0.2) is 0 Å². The van der Waals surface area contributed by atoms with E-state index in [1.165, 1.54) is 0 Å². The van der Waals surface area contributed by atoms with E-state index < -0.39 is 6.10 Å². The van der Waals surface area contributed by atoms with E-state index >= 15 is 0 Å². The maximum atomic E-state index is 9.70. The van der Waals surface area contributed by atoms with E-state index in [4.69, 9.17) is 5.26 Å². The zero-order valence-electron chi connectivity index (χ0n) is 8.03. The molecular weight excluding hydrogens is 196 g/mol. The maximum Gasteiger partial charge on any atom is 0.103 e. The Balaban J connectivity index is 2.72. The molecule has 1 N–H and O–H groups in total. The number of hydrogen-bond donors (Lipinski definition) is 1. The molecule has 3 nitrogen and oxygen atoms in total. The molecule has 14 heavy (non-hydrogen) atoms. The first-order valence-corrected chi connectivity index (χ1v) is 5.35. The highest BCUT2D eigenvalue weighted by Crippen LogP contribution is 2.39. The third-order valence-corrected chi connectivity index (χ3v) is 3.53. The van der Waals surface area contributed by atoms with Crippen LogP contribution in [0.15, 0.2) is 5.03 Å². The summed E-state index contributed by atoms with van der Waals surface area (Å²) in [4.78, 5) is 4.32. The van der Waals surface area contributed by atoms with E-state index in [1.807, 2.05) is 13.8 Å². The standard InChI is InChI=1S/C10H10N2OS/c1-5-7(3-11)6(2)12-10-9(5)8(13)4-14-10/h8,13H,4H2,1-2H3. The van der Waals surface area contributed by atoms with Crippen molar-refractivity contribution in [1.82, 2.24) is 4.98 Å². The molecule has 1 aliphatic rings. The Labute approximate surface area is 86.8 Å². The fraction of sp³-hybridized carbons (Fsp3) is 0.400. The fourth-order valence-electron chi connectivity index (χ4n) is 1.74. The molecule has 1 unspecified atom stereocenters. The summed E-state index contributed by atoms with van der Waals surface area (Å²) in [5, 5.41) is 19.5. The first-order chi connectivity index (χ1) is 6.65. The quantitative estimate of drug-likeness (QED) is 0.702. The van der Waals surface area contributed by atoms with Crippen LogP contribution in [0.2, 0.25) is 0 Å². The molecule has 1 aromatic heterocycles. The highest BCUT2D eigenvalue weighted by atomic mass is 32.2. The van der Waals surface area contributed by atoms with E-state index in [1.54, 1.807) is 11.8 Å². The van der Waals surface area contributed by atoms with E-state index in [-0.39, 0.29) is 0 Å². The van der Waals surface area contributed by atoms with Gasteiger partial charge in [0.25, 0.3) is 0 Å². The molecule has 0 bridgehead atoms. The Kier molecular flexibility index (Phi) is 2.22. The van der Waals surface area contributed by atoms with E-state index in [0.717, 1.165) is 21.8 Å². The molecule has 1 aliphatic heterocycles. The molecule has 4 heteroatoms. The molecule has 1 aromatic rings. The number of fused-ring (bicyclic) bond motifs is 1. The normalized spacial score (nSPS) is 19.1. The summed E-state index contributed by atoms with van der Waals surface area (Å²) in [7, 11) is 0. The van der Waals surface area contributed by atoms with Crippen LogP contribution in [0.5, 0.6) is 0 Å². The summed E-state index contributed by atoms with van der Waals surface area (Å²) in [6, 6.07) is 2.13. The van der Waals surface area contributed by atoms with Crippen molar-refractivity contribution in [2.75, 3.05) is 5.75 Å². The molecule has 0 aliphatic carbocycles. The van der Waals surface area contributed by atoms with Crippen molar-refractivity contribution >= 4 is 11.8 Å². The molecule has 2 heterocycles. The van der Waals surface area contributed by atoms with E-state index in [0.29, 0.717) is 11.3 Å². The highest BCUT2D eigenvalue weighted by Gasteiger charge is 2.26. The average molecular weight is 206 g/mol. The van der Waals surface area contributed by atoms with Gasteiger partial charge in [0.2, 0.25) is 0 Å². The number of aliphatic hydroxyl groups excluding tert-OH is 1. The van der Waals surface area contributed by atoms with Gasteiger partial charge in [0.05, 0.1) is 17.4 Å². The summed E-state index contributed by atoms with van der Waals surface area (Å²) in [5.41, 5.74) is 3.08. The molecule has 72 valence electrons. The number of pyridine rings is 1. The summed E-state index contributed by atoms with van der Waals surface area (Å²) in [6.45, 7) is 3.71. The molecule has 2 rings (SSSR count). The lowest BCUT2D eigenvalue weighted by Crippen LogP contribution is -2.02. The van der Waals surface area contributed by atoms with Crippen LogP contribution < -0.4 is 0 Å². The molecule has 0 fully saturated rings. The Bertz CT molecular complexity index is 437. The molecule has 0 saturated carbocycles. The number of rotatable bonds is 0. The minimum Gasteiger partial charge on any atom is -0.387 e. The Morgan fingerprint density at radius 3 is 2.93 bits per heavy atom. The number of nitriles is 1. The number of aliphatic hydroxyl groups is 1. The lowest BCUT2D eigenvalue weighted by molar-refractivity contribution is 0.204. The Morgan fingerprint density at radius 2 is 2.29 bits per heavy atom. The fourth-order valence-corrected chi connectivity index (χ4v) is 2.87. The Hall–Kier alpha value is -1.05. The predicted molar refractivity (Wildman–Crippen MR) is 54.1 cm³/mol. The van der Waals surface area contributed by atoms with Crippen LogP contribution in [0.3, 0.4) is 0 Å². The third kappa shape index (κ3) is 1.21. The minimum atomic E-state index is -0.463. The molecule has 0 aromatic carbocycles. The number of aromatic nitrogens is 1. The van der Waals surface area contributed by atoms with Gasteiger partial charge < -0.3 is 5.11 Å². The molecule has 0 radical (unpaired) electrons.